The van der Waals surface area contributed by atoms with Gasteiger partial charge in [0.25, 0.3) is 0 Å². The minimum atomic E-state index is 0.663. The van der Waals surface area contributed by atoms with Crippen molar-refractivity contribution in [2.24, 2.45) is 0 Å². The monoisotopic (exact) mass is 191 g/mol. The van der Waals surface area contributed by atoms with Crippen molar-refractivity contribution in [1.82, 2.24) is 5.32 Å². The molecule has 0 aliphatic heterocycles. The zero-order valence-electron chi connectivity index (χ0n) is 9.51. The summed E-state index contributed by atoms with van der Waals surface area (Å²) in [6.45, 7) is 7.58. The number of hydrogen-bond donors (Lipinski definition) is 1. The van der Waals surface area contributed by atoms with E-state index in [-0.39, 0.29) is 0 Å². The Morgan fingerprint density at radius 1 is 1.07 bits per heavy atom. The molecule has 0 saturated heterocycles. The molecule has 1 nitrogen and oxygen atoms in total. The highest BCUT2D eigenvalue weighted by Crippen LogP contribution is 2.04. The van der Waals surface area contributed by atoms with E-state index in [9.17, 15) is 0 Å². The maximum Gasteiger partial charge on any atom is 0.0208 e. The first-order valence-electron chi connectivity index (χ1n) is 5.55. The van der Waals surface area contributed by atoms with E-state index in [1.54, 1.807) is 0 Å². The minimum Gasteiger partial charge on any atom is -0.310 e. The number of hydrogen-bond acceptors (Lipinski definition) is 1. The van der Waals surface area contributed by atoms with E-state index in [0.717, 1.165) is 6.54 Å². The quantitative estimate of drug-likeness (QED) is 0.753. The van der Waals surface area contributed by atoms with E-state index in [2.05, 4.69) is 50.4 Å². The topological polar surface area (TPSA) is 12.0 Å². The normalized spacial score (nSPS) is 10.9. The Hall–Kier alpha value is -0.820. The minimum absolute atomic E-state index is 0.663. The van der Waals surface area contributed by atoms with Gasteiger partial charge in [0.15, 0.2) is 0 Å². The van der Waals surface area contributed by atoms with E-state index in [1.807, 2.05) is 0 Å². The van der Waals surface area contributed by atoms with Gasteiger partial charge in [0.2, 0.25) is 0 Å². The predicted octanol–water partition coefficient (Wildman–Crippen LogP) is 3.27. The second-order valence-electron chi connectivity index (χ2n) is 3.88. The fourth-order valence-corrected chi connectivity index (χ4v) is 1.55. The molecule has 1 rings (SSSR count). The molecule has 0 heterocycles. The lowest BCUT2D eigenvalue weighted by Gasteiger charge is -2.14. The molecule has 0 aliphatic carbocycles. The van der Waals surface area contributed by atoms with E-state index in [0.29, 0.717) is 6.04 Å². The average Bonchev–Trinajstić information content (AvgIpc) is 2.22. The number of benzene rings is 1. The third kappa shape index (κ3) is 3.51. The first kappa shape index (κ1) is 11.3. The van der Waals surface area contributed by atoms with Crippen LogP contribution in [0.25, 0.3) is 0 Å². The molecule has 0 unspecified atom stereocenters. The SMILES string of the molecule is CCC(CC)NCc1ccc(C)cc1. The van der Waals surface area contributed by atoms with Gasteiger partial charge in [0.05, 0.1) is 0 Å². The van der Waals surface area contributed by atoms with Crippen LogP contribution in [0.5, 0.6) is 0 Å². The highest BCUT2D eigenvalue weighted by Gasteiger charge is 2.01. The van der Waals surface area contributed by atoms with Crippen LogP contribution in [0.3, 0.4) is 0 Å². The van der Waals surface area contributed by atoms with Crippen LogP contribution in [0, 0.1) is 6.92 Å². The molecule has 0 amide bonds. The third-order valence-electron chi connectivity index (χ3n) is 2.70. The molecule has 0 spiro atoms. The van der Waals surface area contributed by atoms with Crippen molar-refractivity contribution < 1.29 is 0 Å². The summed E-state index contributed by atoms with van der Waals surface area (Å²) in [5, 5.41) is 3.55. The molecule has 0 aromatic heterocycles. The van der Waals surface area contributed by atoms with Gasteiger partial charge in [0.1, 0.15) is 0 Å². The van der Waals surface area contributed by atoms with Gasteiger partial charge < -0.3 is 5.32 Å². The zero-order chi connectivity index (χ0) is 10.4. The predicted molar refractivity (Wildman–Crippen MR) is 62.4 cm³/mol. The largest absolute Gasteiger partial charge is 0.310 e. The molecule has 1 aromatic carbocycles. The summed E-state index contributed by atoms with van der Waals surface area (Å²) in [7, 11) is 0. The lowest BCUT2D eigenvalue weighted by molar-refractivity contribution is 0.484. The fourth-order valence-electron chi connectivity index (χ4n) is 1.55. The molecule has 0 aliphatic rings. The Bertz CT molecular complexity index is 246. The van der Waals surface area contributed by atoms with Crippen molar-refractivity contribution >= 4 is 0 Å². The van der Waals surface area contributed by atoms with Gasteiger partial charge in [-0.1, -0.05) is 43.7 Å². The van der Waals surface area contributed by atoms with Crippen LogP contribution in [0.2, 0.25) is 0 Å². The number of rotatable bonds is 5. The van der Waals surface area contributed by atoms with Crippen LogP contribution in [0.4, 0.5) is 0 Å². The second kappa shape index (κ2) is 5.82. The zero-order valence-corrected chi connectivity index (χ0v) is 9.51. The van der Waals surface area contributed by atoms with Gasteiger partial charge >= 0.3 is 0 Å². The Morgan fingerprint density at radius 3 is 2.14 bits per heavy atom. The van der Waals surface area contributed by atoms with Crippen molar-refractivity contribution in [3.8, 4) is 0 Å². The molecular formula is C13H21N. The molecule has 78 valence electrons. The lowest BCUT2D eigenvalue weighted by Crippen LogP contribution is -2.26. The van der Waals surface area contributed by atoms with Crippen LogP contribution in [-0.4, -0.2) is 6.04 Å². The van der Waals surface area contributed by atoms with Gasteiger partial charge in [-0.3, -0.25) is 0 Å². The Morgan fingerprint density at radius 2 is 1.64 bits per heavy atom. The van der Waals surface area contributed by atoms with Crippen molar-refractivity contribution in [1.29, 1.82) is 0 Å². The van der Waals surface area contributed by atoms with Crippen LogP contribution >= 0.6 is 0 Å². The number of aryl methyl sites for hydroxylation is 1. The molecule has 1 heteroatoms. The summed E-state index contributed by atoms with van der Waals surface area (Å²) >= 11 is 0. The molecule has 0 atom stereocenters. The highest BCUT2D eigenvalue weighted by atomic mass is 14.9. The van der Waals surface area contributed by atoms with Crippen LogP contribution in [0.1, 0.15) is 37.8 Å². The first-order valence-corrected chi connectivity index (χ1v) is 5.55. The van der Waals surface area contributed by atoms with Gasteiger partial charge in [-0.2, -0.15) is 0 Å². The molecular weight excluding hydrogens is 170 g/mol. The van der Waals surface area contributed by atoms with Crippen molar-refractivity contribution in [2.75, 3.05) is 0 Å². The van der Waals surface area contributed by atoms with Gasteiger partial charge in [-0.25, -0.2) is 0 Å². The van der Waals surface area contributed by atoms with Gasteiger partial charge in [-0.05, 0) is 25.3 Å². The summed E-state index contributed by atoms with van der Waals surface area (Å²) < 4.78 is 0. The molecule has 1 N–H and O–H groups in total. The average molecular weight is 191 g/mol. The molecule has 0 bridgehead atoms. The maximum atomic E-state index is 3.55. The molecule has 0 radical (unpaired) electrons. The summed E-state index contributed by atoms with van der Waals surface area (Å²) in [5.41, 5.74) is 2.71. The van der Waals surface area contributed by atoms with Crippen LogP contribution in [0.15, 0.2) is 24.3 Å². The van der Waals surface area contributed by atoms with E-state index < -0.39 is 0 Å². The summed E-state index contributed by atoms with van der Waals surface area (Å²) in [6.07, 6.45) is 2.42. The maximum absolute atomic E-state index is 3.55. The Balaban J connectivity index is 2.41. The fraction of sp³-hybridized carbons (Fsp3) is 0.538. The molecule has 0 saturated carbocycles. The smallest absolute Gasteiger partial charge is 0.0208 e. The molecule has 14 heavy (non-hydrogen) atoms. The van der Waals surface area contributed by atoms with E-state index in [1.165, 1.54) is 24.0 Å². The van der Waals surface area contributed by atoms with E-state index >= 15 is 0 Å². The van der Waals surface area contributed by atoms with E-state index in [4.69, 9.17) is 0 Å². The third-order valence-corrected chi connectivity index (χ3v) is 2.70. The van der Waals surface area contributed by atoms with Crippen molar-refractivity contribution in [3.05, 3.63) is 35.4 Å². The Kier molecular flexibility index (Phi) is 4.68. The standard InChI is InChI=1S/C13H21N/c1-4-13(5-2)14-10-12-8-6-11(3)7-9-12/h6-9,13-14H,4-5,10H2,1-3H3. The van der Waals surface area contributed by atoms with Crippen molar-refractivity contribution in [2.45, 2.75) is 46.2 Å². The lowest BCUT2D eigenvalue weighted by atomic mass is 10.1. The van der Waals surface area contributed by atoms with Crippen LogP contribution in [-0.2, 0) is 6.54 Å². The second-order valence-corrected chi connectivity index (χ2v) is 3.88. The summed E-state index contributed by atoms with van der Waals surface area (Å²) in [6, 6.07) is 9.40. The summed E-state index contributed by atoms with van der Waals surface area (Å²) in [5.74, 6) is 0. The molecule has 0 fully saturated rings. The van der Waals surface area contributed by atoms with Crippen LogP contribution < -0.4 is 5.32 Å². The molecule has 1 aromatic rings. The highest BCUT2D eigenvalue weighted by molar-refractivity contribution is 5.21. The number of nitrogens with one attached hydrogen (secondary N) is 1. The van der Waals surface area contributed by atoms with Gasteiger partial charge in [-0.15, -0.1) is 0 Å². The van der Waals surface area contributed by atoms with Crippen molar-refractivity contribution in [3.63, 3.8) is 0 Å². The van der Waals surface area contributed by atoms with Gasteiger partial charge in [0, 0.05) is 12.6 Å². The Labute approximate surface area is 87.5 Å². The first-order chi connectivity index (χ1) is 6.76. The summed E-state index contributed by atoms with van der Waals surface area (Å²) in [4.78, 5) is 0.